The van der Waals surface area contributed by atoms with Crippen LogP contribution < -0.4 is 5.32 Å². The molecule has 0 bridgehead atoms. The molecule has 1 amide bonds. The first kappa shape index (κ1) is 20.3. The minimum Gasteiger partial charge on any atom is -0.353 e. The standard InChI is InChI=1S/C23H26ClFN2O2/c1-3-22(28)26-18-9-10-19(13-18)27(2)23(14-29-23)17-7-4-15(5-8-17)16-6-11-21(25)20(24)12-16/h4-8,11-12,18-19H,3,9-10,13-14H2,1-2H3,(H,26,28)/t18-,19+,23?/m0/s1. The van der Waals surface area contributed by atoms with E-state index in [9.17, 15) is 9.18 Å². The largest absolute Gasteiger partial charge is 0.353 e. The number of epoxide rings is 1. The van der Waals surface area contributed by atoms with Crippen LogP contribution in [0.3, 0.4) is 0 Å². The van der Waals surface area contributed by atoms with E-state index in [1.807, 2.05) is 19.1 Å². The number of carbonyl (C=O) groups is 1. The molecule has 1 aliphatic heterocycles. The van der Waals surface area contributed by atoms with Crippen molar-refractivity contribution in [2.45, 2.75) is 50.4 Å². The molecule has 29 heavy (non-hydrogen) atoms. The number of hydrogen-bond acceptors (Lipinski definition) is 3. The number of rotatable bonds is 6. The van der Waals surface area contributed by atoms with E-state index in [2.05, 4.69) is 29.4 Å². The van der Waals surface area contributed by atoms with Crippen molar-refractivity contribution in [3.8, 4) is 11.1 Å². The summed E-state index contributed by atoms with van der Waals surface area (Å²) >= 11 is 5.92. The molecule has 1 N–H and O–H groups in total. The molecule has 1 aliphatic carbocycles. The maximum Gasteiger partial charge on any atom is 0.219 e. The molecule has 2 aromatic rings. The van der Waals surface area contributed by atoms with Crippen LogP contribution in [-0.4, -0.2) is 36.5 Å². The summed E-state index contributed by atoms with van der Waals surface area (Å²) in [6, 6.07) is 13.6. The monoisotopic (exact) mass is 416 g/mol. The quantitative estimate of drug-likeness (QED) is 0.694. The average molecular weight is 417 g/mol. The highest BCUT2D eigenvalue weighted by Gasteiger charge is 2.53. The van der Waals surface area contributed by atoms with E-state index in [-0.39, 0.29) is 17.0 Å². The number of hydrogen-bond donors (Lipinski definition) is 1. The fourth-order valence-corrected chi connectivity index (χ4v) is 4.49. The fourth-order valence-electron chi connectivity index (χ4n) is 4.31. The van der Waals surface area contributed by atoms with Crippen molar-refractivity contribution < 1.29 is 13.9 Å². The molecule has 2 aromatic carbocycles. The molecule has 1 heterocycles. The van der Waals surface area contributed by atoms with Gasteiger partial charge in [-0.3, -0.25) is 9.69 Å². The number of halogens is 2. The first-order valence-corrected chi connectivity index (χ1v) is 10.5. The lowest BCUT2D eigenvalue weighted by atomic mass is 9.99. The topological polar surface area (TPSA) is 44.9 Å². The maximum atomic E-state index is 13.4. The SMILES string of the molecule is CCC(=O)N[C@H]1CC[C@@H](N(C)C2(c3ccc(-c4ccc(F)c(Cl)c4)cc3)CO2)C1. The van der Waals surface area contributed by atoms with Gasteiger partial charge < -0.3 is 10.1 Å². The first-order valence-electron chi connectivity index (χ1n) is 10.1. The Labute approximate surface area is 176 Å². The van der Waals surface area contributed by atoms with Crippen LogP contribution in [0.1, 0.15) is 38.2 Å². The van der Waals surface area contributed by atoms with E-state index in [0.29, 0.717) is 19.1 Å². The lowest BCUT2D eigenvalue weighted by Gasteiger charge is -2.31. The lowest BCUT2D eigenvalue weighted by Crippen LogP contribution is -2.41. The zero-order valence-corrected chi connectivity index (χ0v) is 17.5. The molecule has 2 fully saturated rings. The van der Waals surface area contributed by atoms with Crippen molar-refractivity contribution in [1.82, 2.24) is 10.2 Å². The molecule has 6 heteroatoms. The van der Waals surface area contributed by atoms with Crippen molar-refractivity contribution in [3.63, 3.8) is 0 Å². The zero-order chi connectivity index (χ0) is 20.6. The van der Waals surface area contributed by atoms with Crippen LogP contribution in [0, 0.1) is 5.82 Å². The summed E-state index contributed by atoms with van der Waals surface area (Å²) in [5.74, 6) is -0.295. The normalized spacial score (nSPS) is 26.0. The third-order valence-electron chi connectivity index (χ3n) is 6.22. The molecule has 1 saturated heterocycles. The van der Waals surface area contributed by atoms with Gasteiger partial charge in [0.1, 0.15) is 5.82 Å². The molecule has 4 rings (SSSR count). The van der Waals surface area contributed by atoms with Gasteiger partial charge in [-0.1, -0.05) is 48.9 Å². The summed E-state index contributed by atoms with van der Waals surface area (Å²) in [7, 11) is 2.11. The zero-order valence-electron chi connectivity index (χ0n) is 16.8. The van der Waals surface area contributed by atoms with E-state index in [1.54, 1.807) is 12.1 Å². The van der Waals surface area contributed by atoms with Crippen molar-refractivity contribution in [3.05, 3.63) is 58.9 Å². The molecule has 1 unspecified atom stereocenters. The molecular formula is C23H26ClFN2O2. The van der Waals surface area contributed by atoms with Crippen LogP contribution in [0.25, 0.3) is 11.1 Å². The highest BCUT2D eigenvalue weighted by Crippen LogP contribution is 2.45. The van der Waals surface area contributed by atoms with Crippen molar-refractivity contribution in [1.29, 1.82) is 0 Å². The molecule has 0 radical (unpaired) electrons. The summed E-state index contributed by atoms with van der Waals surface area (Å²) in [4.78, 5) is 14.0. The number of amides is 1. The summed E-state index contributed by atoms with van der Waals surface area (Å²) in [5.41, 5.74) is 2.58. The van der Waals surface area contributed by atoms with E-state index in [1.165, 1.54) is 6.07 Å². The molecule has 4 nitrogen and oxygen atoms in total. The number of nitrogens with one attached hydrogen (secondary N) is 1. The highest BCUT2D eigenvalue weighted by atomic mass is 35.5. The smallest absolute Gasteiger partial charge is 0.219 e. The van der Waals surface area contributed by atoms with Gasteiger partial charge in [0.05, 0.1) is 11.6 Å². The van der Waals surface area contributed by atoms with Crippen LogP contribution >= 0.6 is 11.6 Å². The third-order valence-corrected chi connectivity index (χ3v) is 6.50. The van der Waals surface area contributed by atoms with Gasteiger partial charge in [-0.05, 0) is 49.6 Å². The molecule has 0 spiro atoms. The highest BCUT2D eigenvalue weighted by molar-refractivity contribution is 6.31. The van der Waals surface area contributed by atoms with Gasteiger partial charge in [-0.15, -0.1) is 0 Å². The van der Waals surface area contributed by atoms with Crippen molar-refractivity contribution in [2.75, 3.05) is 13.7 Å². The Morgan fingerprint density at radius 3 is 2.55 bits per heavy atom. The number of carbonyl (C=O) groups excluding carboxylic acids is 1. The van der Waals surface area contributed by atoms with E-state index >= 15 is 0 Å². The second-order valence-corrected chi connectivity index (χ2v) is 8.38. The van der Waals surface area contributed by atoms with Gasteiger partial charge in [-0.25, -0.2) is 4.39 Å². The van der Waals surface area contributed by atoms with Gasteiger partial charge >= 0.3 is 0 Å². The van der Waals surface area contributed by atoms with Crippen LogP contribution in [-0.2, 0) is 15.3 Å². The molecule has 0 aromatic heterocycles. The second-order valence-electron chi connectivity index (χ2n) is 7.98. The molecule has 3 atom stereocenters. The molecular weight excluding hydrogens is 391 g/mol. The summed E-state index contributed by atoms with van der Waals surface area (Å²) in [6.45, 7) is 2.54. The Bertz CT molecular complexity index is 898. The van der Waals surface area contributed by atoms with Gasteiger partial charge in [0.25, 0.3) is 0 Å². The van der Waals surface area contributed by atoms with Crippen LogP contribution in [0.2, 0.25) is 5.02 Å². The van der Waals surface area contributed by atoms with Crippen LogP contribution in [0.15, 0.2) is 42.5 Å². The fraction of sp³-hybridized carbons (Fsp3) is 0.435. The van der Waals surface area contributed by atoms with Crippen molar-refractivity contribution in [2.24, 2.45) is 0 Å². The number of nitrogens with zero attached hydrogens (tertiary/aromatic N) is 1. The maximum absolute atomic E-state index is 13.4. The minimum atomic E-state index is -0.413. The summed E-state index contributed by atoms with van der Waals surface area (Å²) in [6.07, 6.45) is 3.51. The third kappa shape index (κ3) is 4.04. The van der Waals surface area contributed by atoms with Gasteiger partial charge in [0.15, 0.2) is 5.72 Å². The van der Waals surface area contributed by atoms with E-state index in [0.717, 1.165) is 36.0 Å². The van der Waals surface area contributed by atoms with Gasteiger partial charge in [0.2, 0.25) is 5.91 Å². The second kappa shape index (κ2) is 8.05. The van der Waals surface area contributed by atoms with Crippen LogP contribution in [0.5, 0.6) is 0 Å². The van der Waals surface area contributed by atoms with Gasteiger partial charge in [-0.2, -0.15) is 0 Å². The average Bonchev–Trinajstić information content (AvgIpc) is 3.42. The first-order chi connectivity index (χ1) is 13.9. The molecule has 154 valence electrons. The molecule has 2 aliphatic rings. The number of benzene rings is 2. The van der Waals surface area contributed by atoms with Gasteiger partial charge in [0, 0.05) is 24.1 Å². The number of likely N-dealkylation sites (N-methyl/N-ethyl adjacent to an activating group) is 1. The molecule has 1 saturated carbocycles. The summed E-state index contributed by atoms with van der Waals surface area (Å²) in [5, 5.41) is 3.24. The van der Waals surface area contributed by atoms with Crippen molar-refractivity contribution >= 4 is 17.5 Å². The minimum absolute atomic E-state index is 0.118. The Hall–Kier alpha value is -1.95. The predicted octanol–water partition coefficient (Wildman–Crippen LogP) is 4.71. The summed E-state index contributed by atoms with van der Waals surface area (Å²) < 4.78 is 19.4. The Kier molecular flexibility index (Phi) is 5.65. The van der Waals surface area contributed by atoms with E-state index in [4.69, 9.17) is 16.3 Å². The number of ether oxygens (including phenoxy) is 1. The Morgan fingerprint density at radius 1 is 1.24 bits per heavy atom. The Morgan fingerprint density at radius 2 is 1.93 bits per heavy atom. The van der Waals surface area contributed by atoms with E-state index < -0.39 is 11.5 Å². The van der Waals surface area contributed by atoms with Crippen LogP contribution in [0.4, 0.5) is 4.39 Å². The Balaban J connectivity index is 1.46. The lowest BCUT2D eigenvalue weighted by molar-refractivity contribution is -0.121. The predicted molar refractivity (Wildman–Crippen MR) is 112 cm³/mol.